The standard InChI is InChI=1S/C31H29Cl2F2N7O2S/c32-23-12-21(18-3-1-17(2-4-18)20-5-7-40(8-9-43)15-24(20)35)26(33)27-22(23)14-42(39-27)29(30(44)38-31-36-6-10-45-31)28-25-11-19(34)13-41(25)16-37-28/h1-4,6,10,12,14,16,19-20,24,29,43H,5,7-9,11,13,15H2,(H,36,38,44)/t19-,20-,24+,29?/m1/s1. The van der Waals surface area contributed by atoms with Gasteiger partial charge < -0.3 is 9.67 Å². The molecule has 0 saturated carbocycles. The van der Waals surface area contributed by atoms with Crippen molar-refractivity contribution in [3.8, 4) is 11.1 Å². The number of likely N-dealkylation sites (tertiary alicyclic amines) is 1. The Morgan fingerprint density at radius 3 is 2.73 bits per heavy atom. The average Bonchev–Trinajstić information content (AvgIpc) is 3.82. The third kappa shape index (κ3) is 5.74. The zero-order chi connectivity index (χ0) is 31.2. The molecule has 5 heterocycles. The maximum Gasteiger partial charge on any atom is 0.257 e. The highest BCUT2D eigenvalue weighted by atomic mass is 35.5. The number of thiazole rings is 1. The van der Waals surface area contributed by atoms with Crippen LogP contribution in [0.5, 0.6) is 0 Å². The molecule has 234 valence electrons. The topological polar surface area (TPSA) is 101 Å². The number of halogens is 4. The van der Waals surface area contributed by atoms with Crippen LogP contribution in [0.2, 0.25) is 10.0 Å². The molecule has 9 nitrogen and oxygen atoms in total. The van der Waals surface area contributed by atoms with Crippen molar-refractivity contribution in [2.24, 2.45) is 0 Å². The summed E-state index contributed by atoms with van der Waals surface area (Å²) in [5, 5.41) is 20.2. The van der Waals surface area contributed by atoms with Crippen molar-refractivity contribution >= 4 is 56.5 Å². The normalized spacial score (nSPS) is 20.9. The van der Waals surface area contributed by atoms with Crippen LogP contribution in [0.25, 0.3) is 22.0 Å². The molecule has 1 fully saturated rings. The van der Waals surface area contributed by atoms with Crippen LogP contribution in [-0.2, 0) is 17.8 Å². The van der Waals surface area contributed by atoms with E-state index in [0.717, 1.165) is 17.7 Å². The zero-order valence-corrected chi connectivity index (χ0v) is 26.2. The first-order chi connectivity index (χ1) is 21.8. The lowest BCUT2D eigenvalue weighted by atomic mass is 9.87. The molecule has 1 unspecified atom stereocenters. The summed E-state index contributed by atoms with van der Waals surface area (Å²) in [6, 6.07) is 8.35. The van der Waals surface area contributed by atoms with Crippen LogP contribution >= 0.6 is 34.5 Å². The minimum absolute atomic E-state index is 0.0173. The zero-order valence-electron chi connectivity index (χ0n) is 23.9. The Morgan fingerprint density at radius 2 is 2.00 bits per heavy atom. The molecular weight excluding hydrogens is 643 g/mol. The Kier molecular flexibility index (Phi) is 8.34. The molecule has 45 heavy (non-hydrogen) atoms. The van der Waals surface area contributed by atoms with E-state index in [4.69, 9.17) is 28.3 Å². The molecule has 2 aliphatic heterocycles. The molecule has 0 bridgehead atoms. The number of hydrogen-bond acceptors (Lipinski definition) is 7. The number of carbonyl (C=O) groups is 1. The summed E-state index contributed by atoms with van der Waals surface area (Å²) in [5.41, 5.74) is 3.76. The average molecular weight is 673 g/mol. The fourth-order valence-corrected chi connectivity index (χ4v) is 7.49. The minimum atomic E-state index is -1.06. The van der Waals surface area contributed by atoms with E-state index in [-0.39, 0.29) is 25.5 Å². The number of hydrogen-bond donors (Lipinski definition) is 2. The first kappa shape index (κ1) is 30.2. The Bertz CT molecular complexity index is 1850. The molecule has 4 atom stereocenters. The van der Waals surface area contributed by atoms with Crippen molar-refractivity contribution in [2.45, 2.75) is 43.7 Å². The monoisotopic (exact) mass is 671 g/mol. The second-order valence-corrected chi connectivity index (χ2v) is 13.1. The van der Waals surface area contributed by atoms with Gasteiger partial charge in [0.15, 0.2) is 11.2 Å². The highest BCUT2D eigenvalue weighted by Gasteiger charge is 2.35. The van der Waals surface area contributed by atoms with Crippen LogP contribution in [0.3, 0.4) is 0 Å². The predicted octanol–water partition coefficient (Wildman–Crippen LogP) is 5.91. The van der Waals surface area contributed by atoms with Crippen LogP contribution in [0, 0.1) is 0 Å². The van der Waals surface area contributed by atoms with Crippen LogP contribution in [-0.4, -0.2) is 78.8 Å². The van der Waals surface area contributed by atoms with Gasteiger partial charge in [0.2, 0.25) is 0 Å². The Hall–Kier alpha value is -3.42. The summed E-state index contributed by atoms with van der Waals surface area (Å²) in [6.07, 6.45) is 3.51. The lowest BCUT2D eigenvalue weighted by Gasteiger charge is -2.34. The summed E-state index contributed by atoms with van der Waals surface area (Å²) >= 11 is 15.0. The van der Waals surface area contributed by atoms with Crippen molar-refractivity contribution in [2.75, 3.05) is 31.6 Å². The number of nitrogens with one attached hydrogen (secondary N) is 1. The maximum absolute atomic E-state index is 15.0. The van der Waals surface area contributed by atoms with E-state index in [1.807, 2.05) is 29.2 Å². The Balaban J connectivity index is 1.22. The molecule has 7 rings (SSSR count). The van der Waals surface area contributed by atoms with Gasteiger partial charge >= 0.3 is 0 Å². The number of nitrogens with zero attached hydrogens (tertiary/aromatic N) is 6. The van der Waals surface area contributed by atoms with Crippen molar-refractivity contribution in [3.05, 3.63) is 81.4 Å². The third-order valence-electron chi connectivity index (χ3n) is 8.62. The van der Waals surface area contributed by atoms with E-state index in [1.165, 1.54) is 16.0 Å². The summed E-state index contributed by atoms with van der Waals surface area (Å²) in [5.74, 6) is -0.659. The van der Waals surface area contributed by atoms with Gasteiger partial charge in [-0.15, -0.1) is 11.3 Å². The first-order valence-corrected chi connectivity index (χ1v) is 16.3. The molecule has 3 aromatic heterocycles. The second kappa shape index (κ2) is 12.4. The SMILES string of the molecule is O=C(Nc1nccs1)C(c1ncn2c1C[C@@H](F)C2)n1cc2c(Cl)cc(-c3ccc([C@H]4CCN(CCO)C[C@@H]4F)cc3)c(Cl)c2n1. The number of piperidine rings is 1. The maximum atomic E-state index is 15.0. The lowest BCUT2D eigenvalue weighted by Crippen LogP contribution is -2.42. The van der Waals surface area contributed by atoms with E-state index in [0.29, 0.717) is 62.5 Å². The molecule has 0 aliphatic carbocycles. The molecule has 1 saturated heterocycles. The third-order valence-corrected chi connectivity index (χ3v) is 10.0. The molecule has 14 heteroatoms. The number of benzene rings is 2. The molecule has 2 N–H and O–H groups in total. The van der Waals surface area contributed by atoms with Crippen molar-refractivity contribution in [1.82, 2.24) is 29.2 Å². The summed E-state index contributed by atoms with van der Waals surface area (Å²) in [6.45, 7) is 1.70. The van der Waals surface area contributed by atoms with Gasteiger partial charge in [-0.2, -0.15) is 5.10 Å². The Morgan fingerprint density at radius 1 is 1.18 bits per heavy atom. The number of imidazole rings is 1. The lowest BCUT2D eigenvalue weighted by molar-refractivity contribution is -0.118. The highest BCUT2D eigenvalue weighted by molar-refractivity contribution is 7.13. The number of amides is 1. The van der Waals surface area contributed by atoms with Gasteiger partial charge in [-0.1, -0.05) is 47.5 Å². The van der Waals surface area contributed by atoms with Gasteiger partial charge in [0.1, 0.15) is 17.9 Å². The van der Waals surface area contributed by atoms with Crippen LogP contribution in [0.1, 0.15) is 35.3 Å². The fourth-order valence-electron chi connectivity index (χ4n) is 6.41. The van der Waals surface area contributed by atoms with Gasteiger partial charge in [0, 0.05) is 59.8 Å². The molecule has 5 aromatic rings. The highest BCUT2D eigenvalue weighted by Crippen LogP contribution is 2.40. The minimum Gasteiger partial charge on any atom is -0.395 e. The van der Waals surface area contributed by atoms with Crippen LogP contribution in [0.15, 0.2) is 54.4 Å². The number of aliphatic hydroxyl groups excluding tert-OH is 1. The van der Waals surface area contributed by atoms with E-state index in [2.05, 4.69) is 15.3 Å². The molecular formula is C31H29Cl2F2N7O2S. The van der Waals surface area contributed by atoms with Gasteiger partial charge in [-0.25, -0.2) is 18.7 Å². The van der Waals surface area contributed by atoms with Crippen molar-refractivity contribution in [1.29, 1.82) is 0 Å². The van der Waals surface area contributed by atoms with E-state index in [9.17, 15) is 14.3 Å². The van der Waals surface area contributed by atoms with Gasteiger partial charge in [-0.05, 0) is 30.2 Å². The van der Waals surface area contributed by atoms with Gasteiger partial charge in [-0.3, -0.25) is 19.7 Å². The van der Waals surface area contributed by atoms with Gasteiger partial charge in [0.25, 0.3) is 5.91 Å². The van der Waals surface area contributed by atoms with Crippen molar-refractivity contribution in [3.63, 3.8) is 0 Å². The number of fused-ring (bicyclic) bond motifs is 2. The predicted molar refractivity (Wildman–Crippen MR) is 171 cm³/mol. The molecule has 0 spiro atoms. The number of aliphatic hydroxyl groups is 1. The fraction of sp³-hybridized carbons (Fsp3) is 0.355. The summed E-state index contributed by atoms with van der Waals surface area (Å²) in [7, 11) is 0. The number of aromatic nitrogens is 5. The second-order valence-electron chi connectivity index (χ2n) is 11.4. The number of anilines is 1. The summed E-state index contributed by atoms with van der Waals surface area (Å²) in [4.78, 5) is 24.3. The first-order valence-electron chi connectivity index (χ1n) is 14.6. The quantitative estimate of drug-likeness (QED) is 0.213. The van der Waals surface area contributed by atoms with Crippen molar-refractivity contribution < 1.29 is 18.7 Å². The largest absolute Gasteiger partial charge is 0.395 e. The van der Waals surface area contributed by atoms with Crippen LogP contribution in [0.4, 0.5) is 13.9 Å². The van der Waals surface area contributed by atoms with E-state index >= 15 is 4.39 Å². The number of β-amino-alcohol motifs (C(OH)–C–C–N with tert-alkyl or cyclic N) is 1. The number of rotatable bonds is 8. The number of carbonyl (C=O) groups excluding carboxylic acids is 1. The van der Waals surface area contributed by atoms with E-state index in [1.54, 1.807) is 34.7 Å². The molecule has 1 amide bonds. The summed E-state index contributed by atoms with van der Waals surface area (Å²) < 4.78 is 32.5. The van der Waals surface area contributed by atoms with E-state index < -0.39 is 24.3 Å². The molecule has 2 aliphatic rings. The molecule has 2 aromatic carbocycles. The van der Waals surface area contributed by atoms with Gasteiger partial charge in [0.05, 0.1) is 35.2 Å². The smallest absolute Gasteiger partial charge is 0.257 e. The Labute approximate surface area is 271 Å². The number of alkyl halides is 2. The molecule has 0 radical (unpaired) electrons. The van der Waals surface area contributed by atoms with Crippen LogP contribution < -0.4 is 5.32 Å².